The fourth-order valence-electron chi connectivity index (χ4n) is 0.883. The normalized spacial score (nSPS) is 11.1. The quantitative estimate of drug-likeness (QED) is 0.553. The molecule has 1 amide bonds. The van der Waals surface area contributed by atoms with Crippen LogP contribution in [-0.2, 0) is 14.3 Å². The van der Waals surface area contributed by atoms with Gasteiger partial charge in [-0.15, -0.1) is 0 Å². The summed E-state index contributed by atoms with van der Waals surface area (Å²) in [7, 11) is 0. The molecule has 0 aromatic carbocycles. The number of amides is 1. The lowest BCUT2D eigenvalue weighted by molar-refractivity contribution is -0.150. The highest BCUT2D eigenvalue weighted by molar-refractivity contribution is 5.86. The van der Waals surface area contributed by atoms with E-state index in [1.165, 1.54) is 6.08 Å². The molecule has 0 aromatic rings. The van der Waals surface area contributed by atoms with E-state index in [9.17, 15) is 9.59 Å². The number of carbonyl (C=O) groups is 2. The average molecular weight is 227 g/mol. The van der Waals surface area contributed by atoms with Crippen molar-refractivity contribution in [1.29, 1.82) is 0 Å². The Bertz CT molecular complexity index is 269. The van der Waals surface area contributed by atoms with E-state index in [1.807, 2.05) is 13.8 Å². The fourth-order valence-corrected chi connectivity index (χ4v) is 0.883. The van der Waals surface area contributed by atoms with E-state index in [0.29, 0.717) is 13.2 Å². The molecule has 92 valence electrons. The summed E-state index contributed by atoms with van der Waals surface area (Å²) in [5, 5.41) is 2.68. The van der Waals surface area contributed by atoms with E-state index < -0.39 is 0 Å². The molecule has 0 bridgehead atoms. The van der Waals surface area contributed by atoms with Gasteiger partial charge in [0.2, 0.25) is 5.91 Å². The van der Waals surface area contributed by atoms with Gasteiger partial charge in [-0.1, -0.05) is 34.3 Å². The minimum absolute atomic E-state index is 0.126. The van der Waals surface area contributed by atoms with E-state index in [-0.39, 0.29) is 23.2 Å². The summed E-state index contributed by atoms with van der Waals surface area (Å²) in [6, 6.07) is 0. The first-order chi connectivity index (χ1) is 7.28. The molecule has 0 aromatic heterocycles. The molecular weight excluding hydrogens is 206 g/mol. The molecule has 0 rings (SSSR count). The van der Waals surface area contributed by atoms with Crippen molar-refractivity contribution in [2.45, 2.75) is 27.7 Å². The summed E-state index contributed by atoms with van der Waals surface area (Å²) in [6.07, 6.45) is 1.22. The maximum Gasteiger partial charge on any atom is 0.308 e. The van der Waals surface area contributed by atoms with E-state index in [1.54, 1.807) is 13.8 Å². The van der Waals surface area contributed by atoms with Crippen molar-refractivity contribution in [1.82, 2.24) is 5.32 Å². The van der Waals surface area contributed by atoms with Gasteiger partial charge in [0.05, 0.1) is 12.5 Å². The van der Waals surface area contributed by atoms with E-state index in [2.05, 4.69) is 11.9 Å². The van der Waals surface area contributed by atoms with Crippen LogP contribution in [-0.4, -0.2) is 25.0 Å². The van der Waals surface area contributed by atoms with Crippen molar-refractivity contribution in [3.8, 4) is 0 Å². The van der Waals surface area contributed by atoms with Crippen LogP contribution in [0.25, 0.3) is 0 Å². The third-order valence-electron chi connectivity index (χ3n) is 2.00. The van der Waals surface area contributed by atoms with E-state index in [4.69, 9.17) is 4.74 Å². The first kappa shape index (κ1) is 14.7. The molecule has 0 radical (unpaired) electrons. The van der Waals surface area contributed by atoms with Crippen molar-refractivity contribution in [2.75, 3.05) is 13.2 Å². The monoisotopic (exact) mass is 227 g/mol. The predicted molar refractivity (Wildman–Crippen MR) is 62.8 cm³/mol. The molecule has 0 aliphatic rings. The molecule has 0 saturated carbocycles. The lowest BCUT2D eigenvalue weighted by Crippen LogP contribution is -2.36. The molecule has 0 heterocycles. The maximum atomic E-state index is 11.3. The summed E-state index contributed by atoms with van der Waals surface area (Å²) in [4.78, 5) is 22.2. The smallest absolute Gasteiger partial charge is 0.308 e. The minimum atomic E-state index is -0.275. The Labute approximate surface area is 97.1 Å². The highest BCUT2D eigenvalue weighted by Gasteiger charge is 2.21. The van der Waals surface area contributed by atoms with Gasteiger partial charge in [-0.2, -0.15) is 0 Å². The molecule has 0 aliphatic carbocycles. The Morgan fingerprint density at radius 3 is 2.44 bits per heavy atom. The summed E-state index contributed by atoms with van der Waals surface area (Å²) in [5.41, 5.74) is -0.275. The molecule has 0 spiro atoms. The Hall–Kier alpha value is -1.32. The number of ether oxygens (including phenoxy) is 1. The number of hydrogen-bond acceptors (Lipinski definition) is 3. The second-order valence-electron chi connectivity index (χ2n) is 4.85. The van der Waals surface area contributed by atoms with Crippen molar-refractivity contribution in [3.63, 3.8) is 0 Å². The first-order valence-corrected chi connectivity index (χ1v) is 5.35. The molecular formula is C12H21NO3. The van der Waals surface area contributed by atoms with Gasteiger partial charge in [0.1, 0.15) is 0 Å². The van der Waals surface area contributed by atoms with Crippen LogP contribution in [0.2, 0.25) is 0 Å². The lowest BCUT2D eigenvalue weighted by atomic mass is 9.95. The third-order valence-corrected chi connectivity index (χ3v) is 2.00. The van der Waals surface area contributed by atoms with Crippen molar-refractivity contribution >= 4 is 11.9 Å². The third kappa shape index (κ3) is 6.22. The van der Waals surface area contributed by atoms with Gasteiger partial charge in [0.15, 0.2) is 0 Å². The Morgan fingerprint density at radius 2 is 2.00 bits per heavy atom. The SMILES string of the molecule is C=CC(=O)NCC(C)(C)COC(=O)C(C)C. The zero-order valence-electron chi connectivity index (χ0n) is 10.5. The maximum absolute atomic E-state index is 11.3. The largest absolute Gasteiger partial charge is 0.465 e. The average Bonchev–Trinajstić information content (AvgIpc) is 2.22. The van der Waals surface area contributed by atoms with Crippen LogP contribution < -0.4 is 5.32 Å². The number of nitrogens with one attached hydrogen (secondary N) is 1. The second kappa shape index (κ2) is 6.30. The topological polar surface area (TPSA) is 55.4 Å². The van der Waals surface area contributed by atoms with Crippen LogP contribution in [0.15, 0.2) is 12.7 Å². The Morgan fingerprint density at radius 1 is 1.44 bits per heavy atom. The molecule has 0 unspecified atom stereocenters. The summed E-state index contributed by atoms with van der Waals surface area (Å²) < 4.78 is 5.12. The zero-order valence-corrected chi connectivity index (χ0v) is 10.5. The number of esters is 1. The zero-order chi connectivity index (χ0) is 12.8. The summed E-state index contributed by atoms with van der Waals surface area (Å²) in [6.45, 7) is 11.5. The van der Waals surface area contributed by atoms with E-state index in [0.717, 1.165) is 0 Å². The van der Waals surface area contributed by atoms with Crippen LogP contribution in [0.3, 0.4) is 0 Å². The minimum Gasteiger partial charge on any atom is -0.465 e. The van der Waals surface area contributed by atoms with Crippen LogP contribution in [0.4, 0.5) is 0 Å². The molecule has 1 N–H and O–H groups in total. The Kier molecular flexibility index (Phi) is 5.78. The highest BCUT2D eigenvalue weighted by atomic mass is 16.5. The fraction of sp³-hybridized carbons (Fsp3) is 0.667. The number of carbonyl (C=O) groups excluding carboxylic acids is 2. The first-order valence-electron chi connectivity index (χ1n) is 5.35. The summed E-state index contributed by atoms with van der Waals surface area (Å²) in [5.74, 6) is -0.565. The Balaban J connectivity index is 4.00. The van der Waals surface area contributed by atoms with Gasteiger partial charge in [-0.25, -0.2) is 0 Å². The van der Waals surface area contributed by atoms with Gasteiger partial charge >= 0.3 is 5.97 Å². The second-order valence-corrected chi connectivity index (χ2v) is 4.85. The van der Waals surface area contributed by atoms with Gasteiger partial charge in [0.25, 0.3) is 0 Å². The standard InChI is InChI=1S/C12H21NO3/c1-6-10(14)13-7-12(4,5)8-16-11(15)9(2)3/h6,9H,1,7-8H2,2-5H3,(H,13,14). The van der Waals surface area contributed by atoms with Gasteiger partial charge in [-0.3, -0.25) is 9.59 Å². The molecule has 16 heavy (non-hydrogen) atoms. The van der Waals surface area contributed by atoms with Crippen LogP contribution in [0, 0.1) is 11.3 Å². The van der Waals surface area contributed by atoms with Gasteiger partial charge in [0, 0.05) is 12.0 Å². The van der Waals surface area contributed by atoms with E-state index >= 15 is 0 Å². The van der Waals surface area contributed by atoms with Crippen molar-refractivity contribution in [3.05, 3.63) is 12.7 Å². The van der Waals surface area contributed by atoms with Gasteiger partial charge in [-0.05, 0) is 6.08 Å². The van der Waals surface area contributed by atoms with Crippen LogP contribution in [0.5, 0.6) is 0 Å². The molecule has 0 aliphatic heterocycles. The molecule has 0 fully saturated rings. The number of hydrogen-bond donors (Lipinski definition) is 1. The summed E-state index contributed by atoms with van der Waals surface area (Å²) >= 11 is 0. The number of rotatable bonds is 6. The van der Waals surface area contributed by atoms with Gasteiger partial charge < -0.3 is 10.1 Å². The molecule has 4 heteroatoms. The van der Waals surface area contributed by atoms with Crippen LogP contribution >= 0.6 is 0 Å². The predicted octanol–water partition coefficient (Wildman–Crippen LogP) is 1.51. The molecule has 4 nitrogen and oxygen atoms in total. The molecule has 0 atom stereocenters. The van der Waals surface area contributed by atoms with Crippen molar-refractivity contribution < 1.29 is 14.3 Å². The highest BCUT2D eigenvalue weighted by Crippen LogP contribution is 2.14. The lowest BCUT2D eigenvalue weighted by Gasteiger charge is -2.24. The van der Waals surface area contributed by atoms with Crippen LogP contribution in [0.1, 0.15) is 27.7 Å². The molecule has 0 saturated heterocycles. The van der Waals surface area contributed by atoms with Crippen molar-refractivity contribution in [2.24, 2.45) is 11.3 Å².